The second-order valence-electron chi connectivity index (χ2n) is 3.14. The Balaban J connectivity index is 2.22. The van der Waals surface area contributed by atoms with Crippen LogP contribution < -0.4 is 9.47 Å². The van der Waals surface area contributed by atoms with Crippen LogP contribution in [-0.2, 0) is 0 Å². The van der Waals surface area contributed by atoms with E-state index in [0.717, 1.165) is 0 Å². The van der Waals surface area contributed by atoms with Crippen molar-refractivity contribution in [3.63, 3.8) is 0 Å². The summed E-state index contributed by atoms with van der Waals surface area (Å²) in [5.74, 6) is 0.410. The minimum Gasteiger partial charge on any atom is -0.493 e. The molecule has 0 unspecified atom stereocenters. The van der Waals surface area contributed by atoms with Gasteiger partial charge in [-0.1, -0.05) is 23.7 Å². The van der Waals surface area contributed by atoms with E-state index in [0.29, 0.717) is 21.4 Å². The summed E-state index contributed by atoms with van der Waals surface area (Å²) in [5, 5.41) is 2.14. The number of methoxy groups -OCH3 is 1. The van der Waals surface area contributed by atoms with Gasteiger partial charge in [0.1, 0.15) is 4.88 Å². The summed E-state index contributed by atoms with van der Waals surface area (Å²) in [6.07, 6.45) is 0. The Morgan fingerprint density at radius 3 is 2.53 bits per heavy atom. The van der Waals surface area contributed by atoms with Crippen LogP contribution in [0, 0.1) is 0 Å². The number of halogens is 1. The Morgan fingerprint density at radius 2 is 1.94 bits per heavy atom. The lowest BCUT2D eigenvalue weighted by atomic mass is 10.3. The normalized spacial score (nSPS) is 10.0. The summed E-state index contributed by atoms with van der Waals surface area (Å²) < 4.78 is 10.3. The van der Waals surface area contributed by atoms with Crippen LogP contribution in [0.3, 0.4) is 0 Å². The number of ether oxygens (including phenoxy) is 2. The molecule has 0 radical (unpaired) electrons. The third kappa shape index (κ3) is 2.60. The number of esters is 1. The molecule has 0 N–H and O–H groups in total. The summed E-state index contributed by atoms with van der Waals surface area (Å²) in [4.78, 5) is 12.2. The standard InChI is InChI=1S/C12H9ClO3S/c1-15-9-4-2-3-5-10(9)16-12(14)11-8(13)6-7-17-11/h2-7H,1H3. The maximum atomic E-state index is 11.8. The zero-order chi connectivity index (χ0) is 12.3. The van der Waals surface area contributed by atoms with Gasteiger partial charge in [0.05, 0.1) is 12.1 Å². The molecule has 0 amide bonds. The maximum Gasteiger partial charge on any atom is 0.355 e. The minimum absolute atomic E-state index is 0.379. The van der Waals surface area contributed by atoms with Crippen molar-refractivity contribution in [1.29, 1.82) is 0 Å². The van der Waals surface area contributed by atoms with Crippen LogP contribution in [0.1, 0.15) is 9.67 Å². The number of rotatable bonds is 3. The molecule has 3 nitrogen and oxygen atoms in total. The molecule has 2 rings (SSSR count). The maximum absolute atomic E-state index is 11.8. The third-order valence-corrected chi connectivity index (χ3v) is 3.40. The van der Waals surface area contributed by atoms with Gasteiger partial charge in [0.2, 0.25) is 0 Å². The van der Waals surface area contributed by atoms with Crippen molar-refractivity contribution < 1.29 is 14.3 Å². The van der Waals surface area contributed by atoms with Gasteiger partial charge in [0, 0.05) is 0 Å². The van der Waals surface area contributed by atoms with Crippen LogP contribution in [0.5, 0.6) is 11.5 Å². The van der Waals surface area contributed by atoms with Gasteiger partial charge >= 0.3 is 5.97 Å². The number of benzene rings is 1. The Labute approximate surface area is 108 Å². The zero-order valence-corrected chi connectivity index (χ0v) is 10.5. The lowest BCUT2D eigenvalue weighted by molar-refractivity contribution is 0.0735. The molecular weight excluding hydrogens is 260 g/mol. The predicted molar refractivity (Wildman–Crippen MR) is 67.3 cm³/mol. The van der Waals surface area contributed by atoms with Crippen LogP contribution in [0.2, 0.25) is 5.02 Å². The molecule has 1 heterocycles. The van der Waals surface area contributed by atoms with Gasteiger partial charge in [-0.2, -0.15) is 0 Å². The lowest BCUT2D eigenvalue weighted by Crippen LogP contribution is -2.07. The number of hydrogen-bond acceptors (Lipinski definition) is 4. The molecule has 88 valence electrons. The first kappa shape index (κ1) is 12.0. The van der Waals surface area contributed by atoms with Gasteiger partial charge in [-0.25, -0.2) is 4.79 Å². The van der Waals surface area contributed by atoms with E-state index >= 15 is 0 Å². The van der Waals surface area contributed by atoms with Crippen molar-refractivity contribution in [2.75, 3.05) is 7.11 Å². The van der Waals surface area contributed by atoms with Gasteiger partial charge in [-0.15, -0.1) is 11.3 Å². The van der Waals surface area contributed by atoms with Crippen LogP contribution in [0.4, 0.5) is 0 Å². The van der Waals surface area contributed by atoms with Crippen molar-refractivity contribution in [3.05, 3.63) is 45.6 Å². The summed E-state index contributed by atoms with van der Waals surface area (Å²) in [5.41, 5.74) is 0. The van der Waals surface area contributed by atoms with E-state index in [1.54, 1.807) is 35.7 Å². The Hall–Kier alpha value is -1.52. The van der Waals surface area contributed by atoms with Gasteiger partial charge < -0.3 is 9.47 Å². The van der Waals surface area contributed by atoms with E-state index in [1.807, 2.05) is 0 Å². The molecule has 0 atom stereocenters. The molecule has 2 aromatic rings. The van der Waals surface area contributed by atoms with Crippen molar-refractivity contribution >= 4 is 28.9 Å². The van der Waals surface area contributed by atoms with Crippen LogP contribution in [-0.4, -0.2) is 13.1 Å². The smallest absolute Gasteiger partial charge is 0.355 e. The lowest BCUT2D eigenvalue weighted by Gasteiger charge is -2.07. The first-order valence-electron chi connectivity index (χ1n) is 4.80. The van der Waals surface area contributed by atoms with E-state index < -0.39 is 5.97 Å². The van der Waals surface area contributed by atoms with E-state index in [2.05, 4.69) is 0 Å². The highest BCUT2D eigenvalue weighted by molar-refractivity contribution is 7.12. The molecule has 0 bridgehead atoms. The quantitative estimate of drug-likeness (QED) is 0.630. The van der Waals surface area contributed by atoms with E-state index in [-0.39, 0.29) is 0 Å². The average Bonchev–Trinajstić information content (AvgIpc) is 2.76. The largest absolute Gasteiger partial charge is 0.493 e. The van der Waals surface area contributed by atoms with Crippen LogP contribution in [0.25, 0.3) is 0 Å². The van der Waals surface area contributed by atoms with Crippen LogP contribution >= 0.6 is 22.9 Å². The summed E-state index contributed by atoms with van der Waals surface area (Å²) in [6.45, 7) is 0. The fraction of sp³-hybridized carbons (Fsp3) is 0.0833. The molecule has 17 heavy (non-hydrogen) atoms. The van der Waals surface area contributed by atoms with Crippen molar-refractivity contribution in [3.8, 4) is 11.5 Å². The molecule has 0 saturated heterocycles. The second kappa shape index (κ2) is 5.21. The van der Waals surface area contributed by atoms with Gasteiger partial charge in [-0.05, 0) is 23.6 Å². The Morgan fingerprint density at radius 1 is 1.24 bits per heavy atom. The Bertz CT molecular complexity index is 536. The highest BCUT2D eigenvalue weighted by Gasteiger charge is 2.16. The molecule has 0 saturated carbocycles. The number of para-hydroxylation sites is 2. The predicted octanol–water partition coefficient (Wildman–Crippen LogP) is 3.63. The van der Waals surface area contributed by atoms with Crippen LogP contribution in [0.15, 0.2) is 35.7 Å². The number of carbonyl (C=O) groups excluding carboxylic acids is 1. The molecule has 0 aliphatic heterocycles. The number of carbonyl (C=O) groups is 1. The topological polar surface area (TPSA) is 35.5 Å². The zero-order valence-electron chi connectivity index (χ0n) is 8.98. The third-order valence-electron chi connectivity index (χ3n) is 2.07. The first-order chi connectivity index (χ1) is 8.22. The molecule has 5 heteroatoms. The molecule has 0 fully saturated rings. The highest BCUT2D eigenvalue weighted by atomic mass is 35.5. The van der Waals surface area contributed by atoms with E-state index in [4.69, 9.17) is 21.1 Å². The molecule has 0 aliphatic rings. The average molecular weight is 269 g/mol. The molecule has 1 aromatic heterocycles. The molecule has 0 spiro atoms. The highest BCUT2D eigenvalue weighted by Crippen LogP contribution is 2.29. The second-order valence-corrected chi connectivity index (χ2v) is 4.46. The minimum atomic E-state index is -0.477. The molecular formula is C12H9ClO3S. The SMILES string of the molecule is COc1ccccc1OC(=O)c1sccc1Cl. The molecule has 0 aliphatic carbocycles. The van der Waals surface area contributed by atoms with Crippen molar-refractivity contribution in [1.82, 2.24) is 0 Å². The fourth-order valence-corrected chi connectivity index (χ4v) is 2.30. The summed E-state index contributed by atoms with van der Waals surface area (Å²) >= 11 is 7.10. The number of hydrogen-bond donors (Lipinski definition) is 0. The number of thiophene rings is 1. The summed E-state index contributed by atoms with van der Waals surface area (Å²) in [7, 11) is 1.52. The van der Waals surface area contributed by atoms with Gasteiger partial charge in [-0.3, -0.25) is 0 Å². The first-order valence-corrected chi connectivity index (χ1v) is 6.06. The Kier molecular flexibility index (Phi) is 3.66. The monoisotopic (exact) mass is 268 g/mol. The van der Waals surface area contributed by atoms with E-state index in [1.165, 1.54) is 18.4 Å². The molecule has 1 aromatic carbocycles. The summed E-state index contributed by atoms with van der Waals surface area (Å²) in [6, 6.07) is 8.61. The fourth-order valence-electron chi connectivity index (χ4n) is 1.29. The van der Waals surface area contributed by atoms with Crippen molar-refractivity contribution in [2.24, 2.45) is 0 Å². The van der Waals surface area contributed by atoms with Gasteiger partial charge in [0.15, 0.2) is 11.5 Å². The van der Waals surface area contributed by atoms with Crippen molar-refractivity contribution in [2.45, 2.75) is 0 Å². The van der Waals surface area contributed by atoms with Gasteiger partial charge in [0.25, 0.3) is 0 Å². The van der Waals surface area contributed by atoms with E-state index in [9.17, 15) is 4.79 Å².